The number of hydroxylamine groups is 1. The summed E-state index contributed by atoms with van der Waals surface area (Å²) in [5.41, 5.74) is 0.942. The number of rotatable bonds is 2. The van der Waals surface area contributed by atoms with E-state index in [-0.39, 0.29) is 18.4 Å². The highest BCUT2D eigenvalue weighted by Gasteiger charge is 2.30. The summed E-state index contributed by atoms with van der Waals surface area (Å²) in [7, 11) is 1.49. The highest BCUT2D eigenvalue weighted by Crippen LogP contribution is 2.21. The molecule has 0 aliphatic carbocycles. The maximum Gasteiger partial charge on any atom is 0.240 e. The minimum atomic E-state index is -0.190. The molecule has 0 aromatic carbocycles. The molecule has 1 unspecified atom stereocenters. The molecule has 1 aliphatic rings. The van der Waals surface area contributed by atoms with Crippen molar-refractivity contribution in [1.82, 2.24) is 10.2 Å². The zero-order valence-corrected chi connectivity index (χ0v) is 7.41. The minimum Gasteiger partial charge on any atom is -0.767 e. The third-order valence-corrected chi connectivity index (χ3v) is 1.97. The SMILES string of the molecule is C=C(C)CC1CN([O-])N(C)C1=O. The second kappa shape index (κ2) is 3.25. The molecule has 4 nitrogen and oxygen atoms in total. The summed E-state index contributed by atoms with van der Waals surface area (Å²) < 4.78 is 0. The zero-order chi connectivity index (χ0) is 9.30. The number of carbonyl (C=O) groups excluding carboxylic acids is 1. The lowest BCUT2D eigenvalue weighted by Gasteiger charge is -2.28. The molecular formula is C8H13N2O2-. The van der Waals surface area contributed by atoms with Crippen LogP contribution < -0.4 is 0 Å². The molecule has 12 heavy (non-hydrogen) atoms. The molecule has 1 aliphatic heterocycles. The fourth-order valence-electron chi connectivity index (χ4n) is 1.34. The van der Waals surface area contributed by atoms with E-state index in [4.69, 9.17) is 0 Å². The van der Waals surface area contributed by atoms with E-state index < -0.39 is 0 Å². The molecule has 0 aromatic rings. The van der Waals surface area contributed by atoms with E-state index in [1.54, 1.807) is 0 Å². The molecule has 0 saturated carbocycles. The standard InChI is InChI=1S/C8H13N2O2/c1-6(2)4-7-5-10(12)9(3)8(7)11/h7H,1,4-5H2,2-3H3/q-1. The summed E-state index contributed by atoms with van der Waals surface area (Å²) in [4.78, 5) is 11.3. The van der Waals surface area contributed by atoms with Crippen LogP contribution in [0.3, 0.4) is 0 Å². The molecule has 4 heteroatoms. The van der Waals surface area contributed by atoms with Crippen LogP contribution in [-0.4, -0.2) is 29.7 Å². The van der Waals surface area contributed by atoms with Gasteiger partial charge in [0.25, 0.3) is 0 Å². The van der Waals surface area contributed by atoms with Crippen LogP contribution in [0, 0.1) is 11.1 Å². The fraction of sp³-hybridized carbons (Fsp3) is 0.625. The van der Waals surface area contributed by atoms with Gasteiger partial charge in [0.2, 0.25) is 5.91 Å². The number of allylic oxidation sites excluding steroid dienone is 1. The van der Waals surface area contributed by atoms with Crippen LogP contribution in [0.25, 0.3) is 0 Å². The monoisotopic (exact) mass is 169 g/mol. The van der Waals surface area contributed by atoms with Crippen molar-refractivity contribution < 1.29 is 4.79 Å². The van der Waals surface area contributed by atoms with Gasteiger partial charge in [0.15, 0.2) is 0 Å². The Labute approximate surface area is 72.0 Å². The van der Waals surface area contributed by atoms with E-state index in [9.17, 15) is 10.0 Å². The first-order valence-electron chi connectivity index (χ1n) is 3.89. The molecule has 68 valence electrons. The fourth-order valence-corrected chi connectivity index (χ4v) is 1.34. The smallest absolute Gasteiger partial charge is 0.240 e. The number of nitrogens with zero attached hydrogens (tertiary/aromatic N) is 2. The average molecular weight is 169 g/mol. The van der Waals surface area contributed by atoms with Crippen LogP contribution in [0.2, 0.25) is 0 Å². The Morgan fingerprint density at radius 1 is 1.83 bits per heavy atom. The first-order chi connectivity index (χ1) is 5.52. The molecule has 1 atom stereocenters. The van der Waals surface area contributed by atoms with E-state index in [2.05, 4.69) is 6.58 Å². The van der Waals surface area contributed by atoms with Crippen molar-refractivity contribution in [3.8, 4) is 0 Å². The summed E-state index contributed by atoms with van der Waals surface area (Å²) in [6.45, 7) is 5.84. The van der Waals surface area contributed by atoms with Crippen molar-refractivity contribution in [3.63, 3.8) is 0 Å². The number of amides is 1. The highest BCUT2D eigenvalue weighted by atomic mass is 16.6. The van der Waals surface area contributed by atoms with Crippen LogP contribution in [0.1, 0.15) is 13.3 Å². The van der Waals surface area contributed by atoms with Gasteiger partial charge in [-0.2, -0.15) is 0 Å². The highest BCUT2D eigenvalue weighted by molar-refractivity contribution is 5.80. The molecule has 1 heterocycles. The second-order valence-corrected chi connectivity index (χ2v) is 3.25. The predicted molar refractivity (Wildman–Crippen MR) is 45.8 cm³/mol. The normalized spacial score (nSPS) is 25.1. The van der Waals surface area contributed by atoms with E-state index in [1.165, 1.54) is 7.05 Å². The Balaban J connectivity index is 2.59. The molecule has 0 N–H and O–H groups in total. The average Bonchev–Trinajstić information content (AvgIpc) is 2.17. The van der Waals surface area contributed by atoms with Crippen LogP contribution >= 0.6 is 0 Å². The lowest BCUT2D eigenvalue weighted by atomic mass is 10.0. The van der Waals surface area contributed by atoms with Gasteiger partial charge in [0.05, 0.1) is 5.92 Å². The molecule has 1 fully saturated rings. The first-order valence-corrected chi connectivity index (χ1v) is 3.89. The Morgan fingerprint density at radius 2 is 2.42 bits per heavy atom. The largest absolute Gasteiger partial charge is 0.767 e. The van der Waals surface area contributed by atoms with E-state index >= 15 is 0 Å². The lowest BCUT2D eigenvalue weighted by molar-refractivity contribution is -0.135. The van der Waals surface area contributed by atoms with Crippen LogP contribution in [0.5, 0.6) is 0 Å². The molecular weight excluding hydrogens is 156 g/mol. The molecule has 1 saturated heterocycles. The van der Waals surface area contributed by atoms with Crippen LogP contribution in [0.15, 0.2) is 12.2 Å². The van der Waals surface area contributed by atoms with Gasteiger partial charge < -0.3 is 5.21 Å². The molecule has 1 amide bonds. The molecule has 1 rings (SSSR count). The van der Waals surface area contributed by atoms with Gasteiger partial charge in [-0.15, -0.1) is 6.58 Å². The number of hydrazine groups is 1. The summed E-state index contributed by atoms with van der Waals surface area (Å²) in [5.74, 6) is -0.294. The van der Waals surface area contributed by atoms with Crippen molar-refractivity contribution in [1.29, 1.82) is 0 Å². The van der Waals surface area contributed by atoms with Crippen molar-refractivity contribution in [3.05, 3.63) is 17.4 Å². The third kappa shape index (κ3) is 1.65. The summed E-state index contributed by atoms with van der Waals surface area (Å²) in [6, 6.07) is 0. The molecule has 0 bridgehead atoms. The zero-order valence-electron chi connectivity index (χ0n) is 7.41. The Kier molecular flexibility index (Phi) is 2.49. The second-order valence-electron chi connectivity index (χ2n) is 3.25. The quantitative estimate of drug-likeness (QED) is 0.573. The van der Waals surface area contributed by atoms with Gasteiger partial charge in [0.1, 0.15) is 0 Å². The first kappa shape index (κ1) is 9.22. The van der Waals surface area contributed by atoms with Crippen molar-refractivity contribution >= 4 is 5.91 Å². The lowest BCUT2D eigenvalue weighted by Crippen LogP contribution is -2.30. The van der Waals surface area contributed by atoms with E-state index in [1.807, 2.05) is 6.92 Å². The van der Waals surface area contributed by atoms with Gasteiger partial charge >= 0.3 is 0 Å². The van der Waals surface area contributed by atoms with Gasteiger partial charge in [0, 0.05) is 13.6 Å². The van der Waals surface area contributed by atoms with Crippen molar-refractivity contribution in [2.45, 2.75) is 13.3 Å². The minimum absolute atomic E-state index is 0.104. The Hall–Kier alpha value is -0.870. The van der Waals surface area contributed by atoms with Gasteiger partial charge in [-0.05, 0) is 13.3 Å². The Morgan fingerprint density at radius 3 is 2.75 bits per heavy atom. The summed E-state index contributed by atoms with van der Waals surface area (Å²) >= 11 is 0. The van der Waals surface area contributed by atoms with Crippen LogP contribution in [-0.2, 0) is 4.79 Å². The maximum atomic E-state index is 11.3. The van der Waals surface area contributed by atoms with Crippen molar-refractivity contribution in [2.75, 3.05) is 13.6 Å². The molecule has 0 radical (unpaired) electrons. The molecule has 0 aromatic heterocycles. The number of carbonyl (C=O) groups is 1. The summed E-state index contributed by atoms with van der Waals surface area (Å²) in [6.07, 6.45) is 0.613. The van der Waals surface area contributed by atoms with E-state index in [0.717, 1.165) is 10.6 Å². The summed E-state index contributed by atoms with van der Waals surface area (Å²) in [5, 5.41) is 12.8. The van der Waals surface area contributed by atoms with Gasteiger partial charge in [-0.1, -0.05) is 5.57 Å². The van der Waals surface area contributed by atoms with Gasteiger partial charge in [-0.3, -0.25) is 15.0 Å². The maximum absolute atomic E-state index is 11.3. The number of hydrogen-bond acceptors (Lipinski definition) is 3. The van der Waals surface area contributed by atoms with E-state index in [0.29, 0.717) is 11.6 Å². The van der Waals surface area contributed by atoms with Crippen LogP contribution in [0.4, 0.5) is 0 Å². The number of hydrogen-bond donors (Lipinski definition) is 0. The topological polar surface area (TPSA) is 46.6 Å². The third-order valence-electron chi connectivity index (χ3n) is 1.97. The molecule has 0 spiro atoms. The van der Waals surface area contributed by atoms with Crippen molar-refractivity contribution in [2.24, 2.45) is 5.92 Å². The van der Waals surface area contributed by atoms with Gasteiger partial charge in [-0.25, -0.2) is 0 Å². The Bertz CT molecular complexity index is 215. The predicted octanol–water partition coefficient (Wildman–Crippen LogP) is 0.756.